The van der Waals surface area contributed by atoms with Gasteiger partial charge in [-0.25, -0.2) is 0 Å². The van der Waals surface area contributed by atoms with Crippen LogP contribution in [-0.4, -0.2) is 16.7 Å². The zero-order chi connectivity index (χ0) is 9.64. The van der Waals surface area contributed by atoms with Crippen LogP contribution in [0.5, 0.6) is 0 Å². The molecule has 1 saturated carbocycles. The predicted molar refractivity (Wildman–Crippen MR) is 46.2 cm³/mol. The lowest BCUT2D eigenvalue weighted by molar-refractivity contribution is -0.126. The molecule has 0 aromatic carbocycles. The van der Waals surface area contributed by atoms with Crippen LogP contribution in [-0.2, 0) is 9.59 Å². The standard InChI is InChI=1S/C10H12O3/c1-10-5-4-7(11)9(13)6(10)2-3-8(10)12/h13H,2-5H2,1H3/t10-/m1/s1. The molecule has 0 spiro atoms. The molecular formula is C10H12O3. The highest BCUT2D eigenvalue weighted by Crippen LogP contribution is 2.47. The molecule has 0 aromatic rings. The van der Waals surface area contributed by atoms with Crippen molar-refractivity contribution in [3.63, 3.8) is 0 Å². The van der Waals surface area contributed by atoms with Crippen LogP contribution in [0.15, 0.2) is 11.3 Å². The number of aliphatic hydroxyl groups is 1. The van der Waals surface area contributed by atoms with Crippen molar-refractivity contribution >= 4 is 11.6 Å². The zero-order valence-electron chi connectivity index (χ0n) is 7.59. The van der Waals surface area contributed by atoms with Crippen molar-refractivity contribution in [1.82, 2.24) is 0 Å². The van der Waals surface area contributed by atoms with E-state index in [-0.39, 0.29) is 17.3 Å². The van der Waals surface area contributed by atoms with Gasteiger partial charge in [-0.3, -0.25) is 9.59 Å². The van der Waals surface area contributed by atoms with Gasteiger partial charge in [-0.2, -0.15) is 0 Å². The number of hydrogen-bond donors (Lipinski definition) is 1. The lowest BCUT2D eigenvalue weighted by Crippen LogP contribution is -2.30. The van der Waals surface area contributed by atoms with E-state index in [4.69, 9.17) is 0 Å². The highest BCUT2D eigenvalue weighted by molar-refractivity contribution is 6.01. The monoisotopic (exact) mass is 180 g/mol. The van der Waals surface area contributed by atoms with Crippen LogP contribution in [0.1, 0.15) is 32.6 Å². The quantitative estimate of drug-likeness (QED) is 0.615. The maximum atomic E-state index is 11.5. The molecule has 0 amide bonds. The Morgan fingerprint density at radius 3 is 2.62 bits per heavy atom. The van der Waals surface area contributed by atoms with Crippen molar-refractivity contribution in [3.8, 4) is 0 Å². The minimum atomic E-state index is -0.530. The molecule has 0 aromatic heterocycles. The number of fused-ring (bicyclic) bond motifs is 1. The van der Waals surface area contributed by atoms with E-state index in [0.29, 0.717) is 31.3 Å². The number of hydrogen-bond acceptors (Lipinski definition) is 3. The van der Waals surface area contributed by atoms with Gasteiger partial charge in [0.25, 0.3) is 0 Å². The summed E-state index contributed by atoms with van der Waals surface area (Å²) in [6.45, 7) is 1.83. The maximum absolute atomic E-state index is 11.5. The molecule has 70 valence electrons. The Kier molecular flexibility index (Phi) is 1.59. The van der Waals surface area contributed by atoms with Crippen LogP contribution in [0.2, 0.25) is 0 Å². The smallest absolute Gasteiger partial charge is 0.197 e. The molecular weight excluding hydrogens is 168 g/mol. The SMILES string of the molecule is C[C@@]12CCC(=O)C(O)=C1CCC2=O. The summed E-state index contributed by atoms with van der Waals surface area (Å²) >= 11 is 0. The van der Waals surface area contributed by atoms with Crippen LogP contribution in [0.3, 0.4) is 0 Å². The average Bonchev–Trinajstić information content (AvgIpc) is 2.39. The van der Waals surface area contributed by atoms with Crippen LogP contribution in [0.25, 0.3) is 0 Å². The third-order valence-electron chi connectivity index (χ3n) is 3.29. The molecule has 1 atom stereocenters. The van der Waals surface area contributed by atoms with Gasteiger partial charge in [0.15, 0.2) is 11.5 Å². The lowest BCUT2D eigenvalue weighted by atomic mass is 9.74. The number of Topliss-reactive ketones (excluding diaryl/α,β-unsaturated/α-hetero) is 2. The normalized spacial score (nSPS) is 33.9. The van der Waals surface area contributed by atoms with Gasteiger partial charge in [-0.1, -0.05) is 0 Å². The fourth-order valence-corrected chi connectivity index (χ4v) is 2.28. The second-order valence-electron chi connectivity index (χ2n) is 4.01. The third-order valence-corrected chi connectivity index (χ3v) is 3.29. The van der Waals surface area contributed by atoms with Gasteiger partial charge in [0, 0.05) is 12.8 Å². The van der Waals surface area contributed by atoms with Crippen LogP contribution in [0, 0.1) is 5.41 Å². The Morgan fingerprint density at radius 1 is 1.23 bits per heavy atom. The van der Waals surface area contributed by atoms with E-state index in [1.165, 1.54) is 0 Å². The van der Waals surface area contributed by atoms with Crippen LogP contribution < -0.4 is 0 Å². The molecule has 0 radical (unpaired) electrons. The molecule has 0 heterocycles. The Bertz CT molecular complexity index is 327. The van der Waals surface area contributed by atoms with E-state index in [9.17, 15) is 14.7 Å². The summed E-state index contributed by atoms with van der Waals surface area (Å²) in [7, 11) is 0. The molecule has 0 aliphatic heterocycles. The molecule has 3 heteroatoms. The maximum Gasteiger partial charge on any atom is 0.197 e. The Hall–Kier alpha value is -1.12. The molecule has 0 saturated heterocycles. The van der Waals surface area contributed by atoms with Crippen molar-refractivity contribution in [3.05, 3.63) is 11.3 Å². The minimum Gasteiger partial charge on any atom is -0.504 e. The second-order valence-corrected chi connectivity index (χ2v) is 4.01. The lowest BCUT2D eigenvalue weighted by Gasteiger charge is -2.28. The molecule has 1 N–H and O–H groups in total. The van der Waals surface area contributed by atoms with Crippen molar-refractivity contribution in [1.29, 1.82) is 0 Å². The first-order chi connectivity index (χ1) is 6.05. The summed E-state index contributed by atoms with van der Waals surface area (Å²) in [5.41, 5.74) is 0.145. The molecule has 2 aliphatic carbocycles. The van der Waals surface area contributed by atoms with Gasteiger partial charge in [0.2, 0.25) is 0 Å². The topological polar surface area (TPSA) is 54.4 Å². The summed E-state index contributed by atoms with van der Waals surface area (Å²) in [5.74, 6) is -0.177. The minimum absolute atomic E-state index is 0.139. The summed E-state index contributed by atoms with van der Waals surface area (Å²) in [4.78, 5) is 22.7. The molecule has 13 heavy (non-hydrogen) atoms. The number of aliphatic hydroxyl groups excluding tert-OH is 1. The third kappa shape index (κ3) is 0.961. The number of allylic oxidation sites excluding steroid dienone is 2. The first kappa shape index (κ1) is 8.48. The number of rotatable bonds is 0. The van der Waals surface area contributed by atoms with Crippen molar-refractivity contribution in [2.24, 2.45) is 5.41 Å². The summed E-state index contributed by atoms with van der Waals surface area (Å²) in [6, 6.07) is 0. The number of ketones is 2. The Balaban J connectivity index is 2.54. The van der Waals surface area contributed by atoms with Gasteiger partial charge >= 0.3 is 0 Å². The molecule has 0 unspecified atom stereocenters. The highest BCUT2D eigenvalue weighted by atomic mass is 16.3. The Labute approximate surface area is 76.4 Å². The fourth-order valence-electron chi connectivity index (χ4n) is 2.28. The van der Waals surface area contributed by atoms with E-state index < -0.39 is 5.41 Å². The largest absolute Gasteiger partial charge is 0.504 e. The van der Waals surface area contributed by atoms with Gasteiger partial charge in [0.05, 0.1) is 5.41 Å². The van der Waals surface area contributed by atoms with Gasteiger partial charge in [-0.15, -0.1) is 0 Å². The van der Waals surface area contributed by atoms with Crippen molar-refractivity contribution in [2.75, 3.05) is 0 Å². The van der Waals surface area contributed by atoms with Crippen LogP contribution >= 0.6 is 0 Å². The first-order valence-corrected chi connectivity index (χ1v) is 4.55. The molecule has 2 rings (SSSR count). The Morgan fingerprint density at radius 2 is 1.92 bits per heavy atom. The summed E-state index contributed by atoms with van der Waals surface area (Å²) in [5, 5.41) is 9.51. The molecule has 1 fully saturated rings. The molecule has 2 aliphatic rings. The average molecular weight is 180 g/mol. The van der Waals surface area contributed by atoms with Crippen LogP contribution in [0.4, 0.5) is 0 Å². The van der Waals surface area contributed by atoms with E-state index in [1.54, 1.807) is 0 Å². The summed E-state index contributed by atoms with van der Waals surface area (Å²) < 4.78 is 0. The molecule has 3 nitrogen and oxygen atoms in total. The fraction of sp³-hybridized carbons (Fsp3) is 0.600. The zero-order valence-corrected chi connectivity index (χ0v) is 7.59. The second kappa shape index (κ2) is 2.44. The number of carbonyl (C=O) groups excluding carboxylic acids is 2. The van der Waals surface area contributed by atoms with E-state index in [1.807, 2.05) is 6.92 Å². The summed E-state index contributed by atoms with van der Waals surface area (Å²) in [6.07, 6.45) is 1.91. The molecule has 0 bridgehead atoms. The first-order valence-electron chi connectivity index (χ1n) is 4.55. The van der Waals surface area contributed by atoms with E-state index >= 15 is 0 Å². The highest BCUT2D eigenvalue weighted by Gasteiger charge is 2.47. The van der Waals surface area contributed by atoms with Crippen molar-refractivity contribution < 1.29 is 14.7 Å². The van der Waals surface area contributed by atoms with Crippen molar-refractivity contribution in [2.45, 2.75) is 32.6 Å². The van der Waals surface area contributed by atoms with Gasteiger partial charge in [0.1, 0.15) is 5.78 Å². The van der Waals surface area contributed by atoms with E-state index in [0.717, 1.165) is 0 Å². The van der Waals surface area contributed by atoms with Gasteiger partial charge < -0.3 is 5.11 Å². The van der Waals surface area contributed by atoms with Gasteiger partial charge in [-0.05, 0) is 25.3 Å². The number of carbonyl (C=O) groups is 2. The predicted octanol–water partition coefficient (Wildman–Crippen LogP) is 1.53. The van der Waals surface area contributed by atoms with E-state index in [2.05, 4.69) is 0 Å².